The van der Waals surface area contributed by atoms with Gasteiger partial charge in [0, 0.05) is 20.0 Å². The van der Waals surface area contributed by atoms with E-state index in [1.54, 1.807) is 0 Å². The molecular formula is C19H31NS. The molecule has 118 valence electrons. The second kappa shape index (κ2) is 9.94. The highest BCUT2D eigenvalue weighted by Gasteiger charge is 2.18. The Morgan fingerprint density at radius 2 is 1.76 bits per heavy atom. The summed E-state index contributed by atoms with van der Waals surface area (Å²) in [5.41, 5.74) is 2.70. The van der Waals surface area contributed by atoms with E-state index in [2.05, 4.69) is 57.1 Å². The minimum atomic E-state index is 0.390. The molecule has 1 nitrogen and oxygen atoms in total. The minimum Gasteiger partial charge on any atom is -0.372 e. The van der Waals surface area contributed by atoms with Crippen molar-refractivity contribution in [1.29, 1.82) is 0 Å². The molecule has 21 heavy (non-hydrogen) atoms. The zero-order chi connectivity index (χ0) is 15.7. The van der Waals surface area contributed by atoms with Crippen molar-refractivity contribution in [3.05, 3.63) is 35.4 Å². The summed E-state index contributed by atoms with van der Waals surface area (Å²) in [6.07, 6.45) is 9.21. The number of hydrogen-bond donors (Lipinski definition) is 0. The van der Waals surface area contributed by atoms with E-state index in [1.807, 2.05) is 0 Å². The first-order valence-electron chi connectivity index (χ1n) is 8.34. The summed E-state index contributed by atoms with van der Waals surface area (Å²) in [5.74, 6) is 0.390. The van der Waals surface area contributed by atoms with Crippen LogP contribution in [0.1, 0.15) is 68.9 Å². The van der Waals surface area contributed by atoms with Crippen molar-refractivity contribution >= 4 is 17.2 Å². The lowest BCUT2D eigenvalue weighted by atomic mass is 9.91. The number of likely N-dealkylation sites (N-methyl/N-ethyl adjacent to an activating group) is 1. The molecule has 0 heterocycles. The molecule has 0 saturated heterocycles. The predicted octanol–water partition coefficient (Wildman–Crippen LogP) is 5.72. The Morgan fingerprint density at radius 3 is 2.38 bits per heavy atom. The second-order valence-corrected chi connectivity index (χ2v) is 6.67. The summed E-state index contributed by atoms with van der Waals surface area (Å²) in [4.78, 5) is 3.16. The molecule has 0 saturated carbocycles. The van der Waals surface area contributed by atoms with Gasteiger partial charge in [-0.1, -0.05) is 87.5 Å². The maximum absolute atomic E-state index is 5.67. The van der Waals surface area contributed by atoms with Crippen LogP contribution in [-0.2, 0) is 0 Å². The van der Waals surface area contributed by atoms with E-state index in [0.29, 0.717) is 5.92 Å². The van der Waals surface area contributed by atoms with Gasteiger partial charge in [-0.15, -0.1) is 0 Å². The molecule has 1 atom stereocenters. The number of rotatable bonds is 9. The standard InChI is InChI=1S/C19H31NS/c1-5-6-7-8-9-10-14-18(19(21)20(3)4)17-13-11-12-16(2)15-17/h11-13,15,18H,5-10,14H2,1-4H3. The van der Waals surface area contributed by atoms with Gasteiger partial charge < -0.3 is 4.90 Å². The van der Waals surface area contributed by atoms with Crippen LogP contribution >= 0.6 is 12.2 Å². The molecule has 1 aromatic carbocycles. The van der Waals surface area contributed by atoms with Gasteiger partial charge in [0.1, 0.15) is 0 Å². The molecule has 0 spiro atoms. The summed E-state index contributed by atoms with van der Waals surface area (Å²) in [6, 6.07) is 8.82. The van der Waals surface area contributed by atoms with Crippen LogP contribution in [-0.4, -0.2) is 24.0 Å². The molecule has 0 radical (unpaired) electrons. The summed E-state index contributed by atoms with van der Waals surface area (Å²) in [6.45, 7) is 4.42. The summed E-state index contributed by atoms with van der Waals surface area (Å²) in [7, 11) is 4.12. The van der Waals surface area contributed by atoms with Gasteiger partial charge >= 0.3 is 0 Å². The normalized spacial score (nSPS) is 12.2. The van der Waals surface area contributed by atoms with Crippen LogP contribution in [0, 0.1) is 6.92 Å². The molecular weight excluding hydrogens is 274 g/mol. The third kappa shape index (κ3) is 6.60. The van der Waals surface area contributed by atoms with Crippen molar-refractivity contribution < 1.29 is 0 Å². The van der Waals surface area contributed by atoms with Gasteiger partial charge in [-0.25, -0.2) is 0 Å². The number of aryl methyl sites for hydroxylation is 1. The first-order valence-corrected chi connectivity index (χ1v) is 8.74. The van der Waals surface area contributed by atoms with E-state index >= 15 is 0 Å². The summed E-state index contributed by atoms with van der Waals surface area (Å²) in [5, 5.41) is 0. The summed E-state index contributed by atoms with van der Waals surface area (Å²) >= 11 is 5.67. The lowest BCUT2D eigenvalue weighted by molar-refractivity contribution is 0.550. The van der Waals surface area contributed by atoms with Crippen molar-refractivity contribution in [2.75, 3.05) is 14.1 Å². The fourth-order valence-corrected chi connectivity index (χ4v) is 3.01. The first kappa shape index (κ1) is 18.2. The molecule has 0 bridgehead atoms. The molecule has 0 aromatic heterocycles. The molecule has 0 aliphatic carbocycles. The Balaban J connectivity index is 2.60. The second-order valence-electron chi connectivity index (χ2n) is 6.26. The molecule has 1 unspecified atom stereocenters. The van der Waals surface area contributed by atoms with E-state index in [4.69, 9.17) is 12.2 Å². The molecule has 0 aliphatic heterocycles. The largest absolute Gasteiger partial charge is 0.372 e. The predicted molar refractivity (Wildman–Crippen MR) is 98.2 cm³/mol. The maximum Gasteiger partial charge on any atom is 0.0849 e. The number of nitrogens with zero attached hydrogens (tertiary/aromatic N) is 1. The van der Waals surface area contributed by atoms with Crippen LogP contribution in [0.2, 0.25) is 0 Å². The molecule has 0 aliphatic rings. The highest BCUT2D eigenvalue weighted by Crippen LogP contribution is 2.26. The molecule has 1 aromatic rings. The third-order valence-electron chi connectivity index (χ3n) is 4.03. The highest BCUT2D eigenvalue weighted by molar-refractivity contribution is 7.80. The first-order chi connectivity index (χ1) is 10.1. The van der Waals surface area contributed by atoms with Gasteiger partial charge in [-0.3, -0.25) is 0 Å². The zero-order valence-corrected chi connectivity index (χ0v) is 15.0. The van der Waals surface area contributed by atoms with Crippen LogP contribution in [0.5, 0.6) is 0 Å². The Bertz CT molecular complexity index is 425. The van der Waals surface area contributed by atoms with E-state index in [0.717, 1.165) is 4.99 Å². The quantitative estimate of drug-likeness (QED) is 0.424. The van der Waals surface area contributed by atoms with Crippen molar-refractivity contribution in [3.8, 4) is 0 Å². The average molecular weight is 306 g/mol. The fraction of sp³-hybridized carbons (Fsp3) is 0.632. The molecule has 0 amide bonds. The van der Waals surface area contributed by atoms with Crippen LogP contribution < -0.4 is 0 Å². The van der Waals surface area contributed by atoms with Crippen LogP contribution in [0.25, 0.3) is 0 Å². The minimum absolute atomic E-state index is 0.390. The number of benzene rings is 1. The molecule has 2 heteroatoms. The number of thiocarbonyl (C=S) groups is 1. The van der Waals surface area contributed by atoms with Crippen molar-refractivity contribution in [3.63, 3.8) is 0 Å². The van der Waals surface area contributed by atoms with Gasteiger partial charge in [-0.05, 0) is 18.9 Å². The van der Waals surface area contributed by atoms with Gasteiger partial charge in [0.2, 0.25) is 0 Å². The lowest BCUT2D eigenvalue weighted by Crippen LogP contribution is -2.26. The fourth-order valence-electron chi connectivity index (χ4n) is 2.76. The van der Waals surface area contributed by atoms with E-state index < -0.39 is 0 Å². The van der Waals surface area contributed by atoms with Crippen LogP contribution in [0.4, 0.5) is 0 Å². The number of hydrogen-bond acceptors (Lipinski definition) is 1. The number of unbranched alkanes of at least 4 members (excludes halogenated alkanes) is 5. The van der Waals surface area contributed by atoms with E-state index in [9.17, 15) is 0 Å². The Kier molecular flexibility index (Phi) is 8.60. The van der Waals surface area contributed by atoms with Crippen molar-refractivity contribution in [2.45, 2.75) is 64.7 Å². The van der Waals surface area contributed by atoms with Gasteiger partial charge in [-0.2, -0.15) is 0 Å². The third-order valence-corrected chi connectivity index (χ3v) is 4.68. The van der Waals surface area contributed by atoms with Crippen molar-refractivity contribution in [1.82, 2.24) is 4.90 Å². The van der Waals surface area contributed by atoms with E-state index in [1.165, 1.54) is 56.1 Å². The Hall–Kier alpha value is -0.890. The molecule has 0 fully saturated rings. The Labute approximate surface area is 136 Å². The SMILES string of the molecule is CCCCCCCCC(C(=S)N(C)C)c1cccc(C)c1. The van der Waals surface area contributed by atoms with Gasteiger partial charge in [0.25, 0.3) is 0 Å². The van der Waals surface area contributed by atoms with E-state index in [-0.39, 0.29) is 0 Å². The highest BCUT2D eigenvalue weighted by atomic mass is 32.1. The Morgan fingerprint density at radius 1 is 1.10 bits per heavy atom. The molecule has 0 N–H and O–H groups in total. The van der Waals surface area contributed by atoms with Gasteiger partial charge in [0.15, 0.2) is 0 Å². The molecule has 1 rings (SSSR count). The summed E-state index contributed by atoms with van der Waals surface area (Å²) < 4.78 is 0. The zero-order valence-electron chi connectivity index (χ0n) is 14.2. The lowest BCUT2D eigenvalue weighted by Gasteiger charge is -2.24. The monoisotopic (exact) mass is 305 g/mol. The van der Waals surface area contributed by atoms with Crippen LogP contribution in [0.15, 0.2) is 24.3 Å². The van der Waals surface area contributed by atoms with Gasteiger partial charge in [0.05, 0.1) is 4.99 Å². The van der Waals surface area contributed by atoms with Crippen LogP contribution in [0.3, 0.4) is 0 Å². The maximum atomic E-state index is 5.67. The smallest absolute Gasteiger partial charge is 0.0849 e. The van der Waals surface area contributed by atoms with Crippen molar-refractivity contribution in [2.24, 2.45) is 0 Å². The topological polar surface area (TPSA) is 3.24 Å². The average Bonchev–Trinajstić information content (AvgIpc) is 2.46.